The minimum absolute atomic E-state index is 0.0108. The number of hydrogen-bond acceptors (Lipinski definition) is 12. The molecule has 12 heteroatoms. The molecule has 180 valence electrons. The van der Waals surface area contributed by atoms with Crippen LogP contribution in [0.3, 0.4) is 0 Å². The third-order valence-corrected chi connectivity index (χ3v) is 6.00. The van der Waals surface area contributed by atoms with Crippen LogP contribution in [0, 0.1) is 0 Å². The van der Waals surface area contributed by atoms with Crippen LogP contribution in [0.5, 0.6) is 11.5 Å². The smallest absolute Gasteiger partial charge is 0.187 e. The molecule has 0 bridgehead atoms. The highest BCUT2D eigenvalue weighted by molar-refractivity contribution is 5.41. The molecule has 1 aromatic rings. The fraction of sp³-hybridized carbons (Fsp3) is 0.700. The van der Waals surface area contributed by atoms with Crippen molar-refractivity contribution < 1.29 is 59.4 Å². The topological polar surface area (TPSA) is 188 Å². The largest absolute Gasteiger partial charge is 0.504 e. The van der Waals surface area contributed by atoms with E-state index in [1.165, 1.54) is 25.1 Å². The number of ether oxygens (including phenoxy) is 5. The van der Waals surface area contributed by atoms with Gasteiger partial charge in [0.25, 0.3) is 0 Å². The third kappa shape index (κ3) is 4.31. The lowest BCUT2D eigenvalue weighted by Crippen LogP contribution is -2.65. The van der Waals surface area contributed by atoms with Crippen molar-refractivity contribution >= 4 is 0 Å². The van der Waals surface area contributed by atoms with Crippen LogP contribution in [0.25, 0.3) is 0 Å². The van der Waals surface area contributed by atoms with Gasteiger partial charge in [-0.1, -0.05) is 6.07 Å². The number of aliphatic hydroxyl groups is 5. The summed E-state index contributed by atoms with van der Waals surface area (Å²) >= 11 is 0. The number of phenols is 2. The fourth-order valence-electron chi connectivity index (χ4n) is 4.08. The first-order chi connectivity index (χ1) is 15.2. The summed E-state index contributed by atoms with van der Waals surface area (Å²) in [6.45, 7) is 0.953. The van der Waals surface area contributed by atoms with Gasteiger partial charge in [-0.3, -0.25) is 0 Å². The van der Waals surface area contributed by atoms with Gasteiger partial charge in [-0.2, -0.15) is 0 Å². The molecule has 0 aliphatic carbocycles. The molecule has 0 radical (unpaired) electrons. The van der Waals surface area contributed by atoms with Gasteiger partial charge in [0.05, 0.1) is 19.3 Å². The molecule has 0 spiro atoms. The lowest BCUT2D eigenvalue weighted by molar-refractivity contribution is -0.384. The molecule has 12 nitrogen and oxygen atoms in total. The molecule has 7 N–H and O–H groups in total. The fourth-order valence-corrected chi connectivity index (χ4v) is 4.08. The first-order valence-electron chi connectivity index (χ1n) is 10.3. The number of benzene rings is 1. The van der Waals surface area contributed by atoms with Gasteiger partial charge in [0, 0.05) is 0 Å². The van der Waals surface area contributed by atoms with Crippen LogP contribution in [0.4, 0.5) is 0 Å². The van der Waals surface area contributed by atoms with E-state index in [-0.39, 0.29) is 18.1 Å². The molecule has 0 aromatic heterocycles. The van der Waals surface area contributed by atoms with Crippen LogP contribution in [-0.4, -0.2) is 110 Å². The van der Waals surface area contributed by atoms with Crippen LogP contribution in [0.1, 0.15) is 18.6 Å². The maximum atomic E-state index is 10.7. The van der Waals surface area contributed by atoms with Crippen LogP contribution in [0.15, 0.2) is 18.2 Å². The number of phenolic OH excluding ortho intramolecular Hbond substituents is 2. The molecule has 3 saturated heterocycles. The van der Waals surface area contributed by atoms with Crippen molar-refractivity contribution in [3.05, 3.63) is 23.8 Å². The first kappa shape index (κ1) is 23.6. The Morgan fingerprint density at radius 3 is 2.38 bits per heavy atom. The lowest BCUT2D eigenvalue weighted by atomic mass is 9.96. The van der Waals surface area contributed by atoms with E-state index in [1.807, 2.05) is 0 Å². The van der Waals surface area contributed by atoms with Gasteiger partial charge in [0.15, 0.2) is 24.1 Å². The van der Waals surface area contributed by atoms with Crippen molar-refractivity contribution in [3.63, 3.8) is 0 Å². The molecule has 3 fully saturated rings. The quantitative estimate of drug-likeness (QED) is 0.242. The maximum absolute atomic E-state index is 10.7. The summed E-state index contributed by atoms with van der Waals surface area (Å²) in [5.74, 6) is -0.647. The minimum Gasteiger partial charge on any atom is -0.504 e. The highest BCUT2D eigenvalue weighted by Gasteiger charge is 2.53. The van der Waals surface area contributed by atoms with Gasteiger partial charge >= 0.3 is 0 Å². The zero-order valence-electron chi connectivity index (χ0n) is 17.2. The molecule has 2 unspecified atom stereocenters. The molecule has 3 aliphatic rings. The molecular weight excluding hydrogens is 432 g/mol. The molecule has 0 saturated carbocycles. The number of aromatic hydroxyl groups is 2. The summed E-state index contributed by atoms with van der Waals surface area (Å²) in [5, 5.41) is 69.9. The van der Waals surface area contributed by atoms with Crippen LogP contribution in [-0.2, 0) is 23.7 Å². The Kier molecular flexibility index (Phi) is 6.89. The summed E-state index contributed by atoms with van der Waals surface area (Å²) in [6.07, 6.45) is -13.3. The molecule has 4 rings (SSSR count). The van der Waals surface area contributed by atoms with Gasteiger partial charge < -0.3 is 59.4 Å². The Morgan fingerprint density at radius 1 is 0.938 bits per heavy atom. The lowest BCUT2D eigenvalue weighted by Gasteiger charge is -2.49. The van der Waals surface area contributed by atoms with Crippen molar-refractivity contribution in [2.45, 2.75) is 74.4 Å². The Morgan fingerprint density at radius 2 is 1.69 bits per heavy atom. The molecule has 11 atom stereocenters. The highest BCUT2D eigenvalue weighted by Crippen LogP contribution is 2.38. The van der Waals surface area contributed by atoms with E-state index in [2.05, 4.69) is 0 Å². The molecule has 0 amide bonds. The summed E-state index contributed by atoms with van der Waals surface area (Å²) < 4.78 is 28.6. The third-order valence-electron chi connectivity index (χ3n) is 6.00. The van der Waals surface area contributed by atoms with E-state index in [0.717, 1.165) is 0 Å². The standard InChI is InChI=1S/C20H28O12/c1-7-13(24)15(26)16(27)19(29-7)32-17-14(25)11(5-21)31-20-18(17)30-12(6-28-20)8-2-3-9(22)10(23)4-8/h2-4,7,11-27H,5-6H2,1H3/t7-,11+,12+,13-,14+,15+,16+,17-,18?,19-,20?/m0/s1. The van der Waals surface area contributed by atoms with E-state index in [0.29, 0.717) is 5.56 Å². The monoisotopic (exact) mass is 460 g/mol. The summed E-state index contributed by atoms with van der Waals surface area (Å²) in [6, 6.07) is 4.13. The average molecular weight is 460 g/mol. The Bertz CT molecular complexity index is 792. The molecular formula is C20H28O12. The van der Waals surface area contributed by atoms with Crippen LogP contribution >= 0.6 is 0 Å². The summed E-state index contributed by atoms with van der Waals surface area (Å²) in [7, 11) is 0. The van der Waals surface area contributed by atoms with E-state index >= 15 is 0 Å². The van der Waals surface area contributed by atoms with E-state index in [4.69, 9.17) is 23.7 Å². The minimum atomic E-state index is -1.61. The van der Waals surface area contributed by atoms with Crippen molar-refractivity contribution in [1.82, 2.24) is 0 Å². The van der Waals surface area contributed by atoms with Crippen molar-refractivity contribution in [1.29, 1.82) is 0 Å². The van der Waals surface area contributed by atoms with E-state index in [9.17, 15) is 35.7 Å². The van der Waals surface area contributed by atoms with E-state index in [1.54, 1.807) is 0 Å². The molecule has 32 heavy (non-hydrogen) atoms. The normalized spacial score (nSPS) is 44.8. The van der Waals surface area contributed by atoms with Gasteiger partial charge in [-0.05, 0) is 24.6 Å². The highest BCUT2D eigenvalue weighted by atomic mass is 16.8. The zero-order valence-corrected chi connectivity index (χ0v) is 17.2. The zero-order chi connectivity index (χ0) is 23.2. The van der Waals surface area contributed by atoms with Gasteiger partial charge in [0.1, 0.15) is 48.8 Å². The summed E-state index contributed by atoms with van der Waals surface area (Å²) in [4.78, 5) is 0. The van der Waals surface area contributed by atoms with Crippen molar-refractivity contribution in [2.75, 3.05) is 13.2 Å². The Labute approximate surface area is 183 Å². The number of fused-ring (bicyclic) bond motifs is 1. The van der Waals surface area contributed by atoms with Crippen LogP contribution in [0.2, 0.25) is 0 Å². The first-order valence-corrected chi connectivity index (χ1v) is 10.3. The second-order valence-electron chi connectivity index (χ2n) is 8.17. The van der Waals surface area contributed by atoms with Gasteiger partial charge in [0.2, 0.25) is 0 Å². The maximum Gasteiger partial charge on any atom is 0.187 e. The predicted octanol–water partition coefficient (Wildman–Crippen LogP) is -2.15. The van der Waals surface area contributed by atoms with Gasteiger partial charge in [-0.15, -0.1) is 0 Å². The summed E-state index contributed by atoms with van der Waals surface area (Å²) in [5.41, 5.74) is 0.484. The van der Waals surface area contributed by atoms with Gasteiger partial charge in [-0.25, -0.2) is 0 Å². The van der Waals surface area contributed by atoms with Crippen LogP contribution < -0.4 is 0 Å². The predicted molar refractivity (Wildman–Crippen MR) is 102 cm³/mol. The second-order valence-corrected chi connectivity index (χ2v) is 8.17. The number of rotatable bonds is 4. The Balaban J connectivity index is 1.56. The molecule has 1 aromatic carbocycles. The number of hydrogen-bond donors (Lipinski definition) is 7. The SMILES string of the molecule is C[C@@H]1O[C@@H](O[C@@H]2C3O[C@@H](c4ccc(O)c(O)c4)COC3O[C@H](CO)[C@H]2O)[C@H](O)[C@H](O)[C@H]1O. The molecule has 3 aliphatic heterocycles. The van der Waals surface area contributed by atoms with E-state index < -0.39 is 74.1 Å². The average Bonchev–Trinajstić information content (AvgIpc) is 2.78. The number of aliphatic hydroxyl groups excluding tert-OH is 5. The Hall–Kier alpha value is -1.58. The second kappa shape index (κ2) is 9.35. The molecule has 3 heterocycles. The van der Waals surface area contributed by atoms with Crippen molar-refractivity contribution in [2.24, 2.45) is 0 Å². The van der Waals surface area contributed by atoms with Crippen molar-refractivity contribution in [3.8, 4) is 11.5 Å².